The smallest absolute Gasteiger partial charge is 0.271 e. The molecule has 0 aliphatic heterocycles. The number of anilines is 1. The van der Waals surface area contributed by atoms with Crippen molar-refractivity contribution in [2.75, 3.05) is 20.0 Å². The van der Waals surface area contributed by atoms with E-state index in [1.54, 1.807) is 12.1 Å². The van der Waals surface area contributed by atoms with E-state index < -0.39 is 5.91 Å². The number of ether oxygens (including phenoxy) is 2. The fourth-order valence-electron chi connectivity index (χ4n) is 3.18. The lowest BCUT2D eigenvalue weighted by atomic mass is 10.00. The first-order valence-electron chi connectivity index (χ1n) is 8.70. The molecule has 0 spiro atoms. The molecule has 0 saturated carbocycles. The van der Waals surface area contributed by atoms with Crippen LogP contribution in [0.25, 0.3) is 10.9 Å². The van der Waals surface area contributed by atoms with E-state index in [2.05, 4.69) is 10.2 Å². The summed E-state index contributed by atoms with van der Waals surface area (Å²) >= 11 is 0. The van der Waals surface area contributed by atoms with Gasteiger partial charge in [0.25, 0.3) is 5.91 Å². The van der Waals surface area contributed by atoms with Crippen LogP contribution in [0.5, 0.6) is 11.5 Å². The number of nitrogens with zero attached hydrogens (tertiary/aromatic N) is 2. The van der Waals surface area contributed by atoms with E-state index in [0.717, 1.165) is 5.56 Å². The molecule has 0 atom stereocenters. The second-order valence-corrected chi connectivity index (χ2v) is 6.28. The summed E-state index contributed by atoms with van der Waals surface area (Å²) in [4.78, 5) is 11.4. The van der Waals surface area contributed by atoms with E-state index in [-0.39, 0.29) is 17.2 Å². The quantitative estimate of drug-likeness (QED) is 0.647. The van der Waals surface area contributed by atoms with E-state index in [9.17, 15) is 9.18 Å². The van der Waals surface area contributed by atoms with Crippen molar-refractivity contribution in [1.29, 1.82) is 0 Å². The van der Waals surface area contributed by atoms with Gasteiger partial charge in [-0.25, -0.2) is 4.39 Å². The Balaban J connectivity index is 1.84. The van der Waals surface area contributed by atoms with Gasteiger partial charge in [0.1, 0.15) is 17.3 Å². The van der Waals surface area contributed by atoms with Crippen LogP contribution in [0.15, 0.2) is 30.3 Å². The van der Waals surface area contributed by atoms with Gasteiger partial charge in [-0.05, 0) is 24.8 Å². The van der Waals surface area contributed by atoms with Crippen molar-refractivity contribution in [3.8, 4) is 11.5 Å². The number of aromatic nitrogens is 2. The monoisotopic (exact) mass is 384 g/mol. The lowest BCUT2D eigenvalue weighted by Crippen LogP contribution is -2.17. The summed E-state index contributed by atoms with van der Waals surface area (Å²) in [7, 11) is 2.97. The number of halogens is 1. The topological polar surface area (TPSA) is 113 Å². The molecule has 1 aromatic heterocycles. The molecular formula is C20H21FN4O3. The summed E-state index contributed by atoms with van der Waals surface area (Å²) in [5.41, 5.74) is 13.4. The van der Waals surface area contributed by atoms with Gasteiger partial charge >= 0.3 is 0 Å². The first kappa shape index (κ1) is 19.3. The van der Waals surface area contributed by atoms with E-state index in [0.29, 0.717) is 47.2 Å². The summed E-state index contributed by atoms with van der Waals surface area (Å²) in [6.45, 7) is 0. The number of carbonyl (C=O) groups excluding carboxylic acids is 1. The summed E-state index contributed by atoms with van der Waals surface area (Å²) in [5, 5.41) is 8.59. The molecule has 0 unspecified atom stereocenters. The standard InChI is InChI=1S/C20H21FN4O3/c1-27-12-9-15(21)13(16(10-12)28-2)7-3-5-11-6-4-8-14-17(22)19(20(23)26)25-24-18(11)14/h4,6,8-10H,3,5,7H2,1-2H3,(H2,22,24)(H2,23,26). The second kappa shape index (κ2) is 8.08. The van der Waals surface area contributed by atoms with Crippen LogP contribution < -0.4 is 20.9 Å². The number of primary amides is 1. The first-order chi connectivity index (χ1) is 13.5. The van der Waals surface area contributed by atoms with Gasteiger partial charge in [0.2, 0.25) is 0 Å². The Kier molecular flexibility index (Phi) is 5.58. The summed E-state index contributed by atoms with van der Waals surface area (Å²) in [6, 6.07) is 8.50. The Hall–Kier alpha value is -3.42. The minimum atomic E-state index is -0.723. The van der Waals surface area contributed by atoms with Crippen LogP contribution in [0, 0.1) is 5.82 Å². The lowest BCUT2D eigenvalue weighted by molar-refractivity contribution is 0.0995. The molecule has 0 fully saturated rings. The van der Waals surface area contributed by atoms with Gasteiger partial charge in [0, 0.05) is 23.1 Å². The van der Waals surface area contributed by atoms with Crippen LogP contribution in [-0.2, 0) is 12.8 Å². The molecular weight excluding hydrogens is 363 g/mol. The van der Waals surface area contributed by atoms with Crippen molar-refractivity contribution in [3.63, 3.8) is 0 Å². The Morgan fingerprint density at radius 3 is 2.61 bits per heavy atom. The van der Waals surface area contributed by atoms with Crippen molar-refractivity contribution >= 4 is 22.5 Å². The Morgan fingerprint density at radius 2 is 1.93 bits per heavy atom. The van der Waals surface area contributed by atoms with Gasteiger partial charge in [-0.3, -0.25) is 4.79 Å². The molecule has 3 rings (SSSR count). The van der Waals surface area contributed by atoms with Crippen molar-refractivity contribution < 1.29 is 18.7 Å². The molecule has 28 heavy (non-hydrogen) atoms. The van der Waals surface area contributed by atoms with Crippen molar-refractivity contribution in [1.82, 2.24) is 10.2 Å². The van der Waals surface area contributed by atoms with E-state index in [4.69, 9.17) is 20.9 Å². The molecule has 0 radical (unpaired) electrons. The number of benzene rings is 2. The number of amides is 1. The van der Waals surface area contributed by atoms with E-state index in [1.165, 1.54) is 20.3 Å². The molecule has 2 aromatic carbocycles. The van der Waals surface area contributed by atoms with Crippen molar-refractivity contribution in [2.24, 2.45) is 5.73 Å². The molecule has 0 aliphatic carbocycles. The maximum Gasteiger partial charge on any atom is 0.271 e. The third-order valence-electron chi connectivity index (χ3n) is 4.60. The van der Waals surface area contributed by atoms with E-state index >= 15 is 0 Å². The number of nitrogen functional groups attached to an aromatic ring is 1. The molecule has 3 aromatic rings. The van der Waals surface area contributed by atoms with Gasteiger partial charge in [0.15, 0.2) is 5.69 Å². The number of carbonyl (C=O) groups is 1. The fraction of sp³-hybridized carbons (Fsp3) is 0.250. The third kappa shape index (κ3) is 3.66. The summed E-state index contributed by atoms with van der Waals surface area (Å²) in [5.74, 6) is -0.239. The Bertz CT molecular complexity index is 1040. The van der Waals surface area contributed by atoms with Gasteiger partial charge < -0.3 is 20.9 Å². The molecule has 1 amide bonds. The van der Waals surface area contributed by atoms with Crippen molar-refractivity contribution in [2.45, 2.75) is 19.3 Å². The molecule has 7 nitrogen and oxygen atoms in total. The number of hydrogen-bond donors (Lipinski definition) is 2. The number of hydrogen-bond acceptors (Lipinski definition) is 6. The SMILES string of the molecule is COc1cc(F)c(CCCc2cccc3c(N)c(C(N)=O)nnc23)c(OC)c1. The Morgan fingerprint density at radius 1 is 1.14 bits per heavy atom. The average Bonchev–Trinajstić information content (AvgIpc) is 2.69. The first-order valence-corrected chi connectivity index (χ1v) is 8.70. The maximum absolute atomic E-state index is 14.4. The van der Waals surface area contributed by atoms with Crippen LogP contribution in [0.2, 0.25) is 0 Å². The Labute approximate surface area is 161 Å². The van der Waals surface area contributed by atoms with Crippen molar-refractivity contribution in [3.05, 3.63) is 53.0 Å². The zero-order chi connectivity index (χ0) is 20.3. The number of aryl methyl sites for hydroxylation is 1. The van der Waals surface area contributed by atoms with Crippen LogP contribution in [0.4, 0.5) is 10.1 Å². The van der Waals surface area contributed by atoms with Crippen LogP contribution >= 0.6 is 0 Å². The highest BCUT2D eigenvalue weighted by Gasteiger charge is 2.15. The van der Waals surface area contributed by atoms with Crippen LogP contribution in [0.3, 0.4) is 0 Å². The van der Waals surface area contributed by atoms with Gasteiger partial charge in [-0.2, -0.15) is 0 Å². The predicted octanol–water partition coefficient (Wildman–Crippen LogP) is 2.64. The highest BCUT2D eigenvalue weighted by Crippen LogP contribution is 2.30. The molecule has 8 heteroatoms. The number of fused-ring (bicyclic) bond motifs is 1. The number of rotatable bonds is 7. The highest BCUT2D eigenvalue weighted by molar-refractivity contribution is 6.04. The fourth-order valence-corrected chi connectivity index (χ4v) is 3.18. The number of methoxy groups -OCH3 is 2. The minimum Gasteiger partial charge on any atom is -0.497 e. The molecule has 0 saturated heterocycles. The largest absolute Gasteiger partial charge is 0.497 e. The van der Waals surface area contributed by atoms with Gasteiger partial charge in [-0.1, -0.05) is 18.2 Å². The predicted molar refractivity (Wildman–Crippen MR) is 104 cm³/mol. The summed E-state index contributed by atoms with van der Waals surface area (Å²) in [6.07, 6.45) is 1.74. The second-order valence-electron chi connectivity index (χ2n) is 6.28. The minimum absolute atomic E-state index is 0.0466. The van der Waals surface area contributed by atoms with Gasteiger partial charge in [-0.15, -0.1) is 10.2 Å². The molecule has 1 heterocycles. The molecule has 146 valence electrons. The highest BCUT2D eigenvalue weighted by atomic mass is 19.1. The molecule has 0 bridgehead atoms. The zero-order valence-corrected chi connectivity index (χ0v) is 15.7. The molecule has 0 aliphatic rings. The molecule has 4 N–H and O–H groups in total. The van der Waals surface area contributed by atoms with Gasteiger partial charge in [0.05, 0.1) is 25.4 Å². The summed E-state index contributed by atoms with van der Waals surface area (Å²) < 4.78 is 24.8. The number of nitrogens with two attached hydrogens (primary N) is 2. The lowest BCUT2D eigenvalue weighted by Gasteiger charge is -2.12. The third-order valence-corrected chi connectivity index (χ3v) is 4.60. The average molecular weight is 384 g/mol. The van der Waals surface area contributed by atoms with Crippen LogP contribution in [0.1, 0.15) is 28.0 Å². The maximum atomic E-state index is 14.4. The van der Waals surface area contributed by atoms with Crippen LogP contribution in [-0.4, -0.2) is 30.3 Å². The van der Waals surface area contributed by atoms with E-state index in [1.807, 2.05) is 12.1 Å². The zero-order valence-electron chi connectivity index (χ0n) is 15.7. The normalized spacial score (nSPS) is 10.8.